The second-order valence-corrected chi connectivity index (χ2v) is 8.53. The summed E-state index contributed by atoms with van der Waals surface area (Å²) >= 11 is 0. The maximum absolute atomic E-state index is 13.4. The van der Waals surface area contributed by atoms with Crippen molar-refractivity contribution >= 4 is 45.2 Å². The van der Waals surface area contributed by atoms with E-state index in [1.807, 2.05) is 89.9 Å². The number of hydrogen-bond donors (Lipinski definition) is 0. The van der Waals surface area contributed by atoms with Crippen LogP contribution in [0, 0.1) is 0 Å². The largest absolute Gasteiger partial charge is 0.386 e. The molecule has 2 aromatic heterocycles. The summed E-state index contributed by atoms with van der Waals surface area (Å²) < 4.78 is 7.00. The second-order valence-electron chi connectivity index (χ2n) is 8.53. The van der Waals surface area contributed by atoms with Gasteiger partial charge in [-0.1, -0.05) is 72.8 Å². The lowest BCUT2D eigenvalue weighted by atomic mass is 9.88. The number of fused-ring (bicyclic) bond motifs is 3. The minimum atomic E-state index is -0.696. The summed E-state index contributed by atoms with van der Waals surface area (Å²) in [5, 5.41) is 3.43. The molecule has 176 valence electrons. The Balaban J connectivity index is 1.66. The number of cyclic esters (lactones) is 2. The van der Waals surface area contributed by atoms with Crippen molar-refractivity contribution in [1.29, 1.82) is 0 Å². The van der Waals surface area contributed by atoms with Gasteiger partial charge in [0.15, 0.2) is 5.65 Å². The molecule has 0 unspecified atom stereocenters. The number of imidazole rings is 1. The molecule has 8 nitrogen and oxygen atoms in total. The molecule has 0 atom stereocenters. The number of aromatic nitrogens is 4. The minimum absolute atomic E-state index is 0.197. The van der Waals surface area contributed by atoms with Crippen LogP contribution in [0.5, 0.6) is 0 Å². The van der Waals surface area contributed by atoms with Crippen molar-refractivity contribution in [1.82, 2.24) is 19.6 Å². The van der Waals surface area contributed by atoms with Crippen LogP contribution in [0.2, 0.25) is 0 Å². The average molecular weight is 483 g/mol. The van der Waals surface area contributed by atoms with Crippen LogP contribution in [0.1, 0.15) is 20.7 Å². The fourth-order valence-electron chi connectivity index (χ4n) is 4.97. The van der Waals surface area contributed by atoms with E-state index >= 15 is 0 Å². The number of nitrogens with zero attached hydrogens (tertiary/aromatic N) is 5. The van der Waals surface area contributed by atoms with Gasteiger partial charge in [0.1, 0.15) is 23.7 Å². The number of hydrogen-bond acceptors (Lipinski definition) is 7. The standard InChI is InChI=1S/C29H17N5O3/c35-28-24-23(18-9-3-1-4-10-18)20-13-7-8-14-21(20)26(25(24)29(36)37-28)34(19-11-5-2-6-12-19)33-17-32-22-15-30-16-31-27(22)33/h1-17H. The molecule has 6 aromatic rings. The Bertz CT molecular complexity index is 1850. The maximum Gasteiger partial charge on any atom is 0.349 e. The van der Waals surface area contributed by atoms with E-state index in [1.54, 1.807) is 17.2 Å². The maximum atomic E-state index is 13.4. The Morgan fingerprint density at radius 3 is 2.16 bits per heavy atom. The van der Waals surface area contributed by atoms with Gasteiger partial charge in [-0.2, -0.15) is 0 Å². The number of ether oxygens (including phenoxy) is 1. The molecular weight excluding hydrogens is 466 g/mol. The molecule has 0 spiro atoms. The monoisotopic (exact) mass is 483 g/mol. The summed E-state index contributed by atoms with van der Waals surface area (Å²) in [6, 6.07) is 26.8. The average Bonchev–Trinajstić information content (AvgIpc) is 3.50. The Hall–Kier alpha value is -5.37. The van der Waals surface area contributed by atoms with Crippen molar-refractivity contribution < 1.29 is 14.3 Å². The number of rotatable bonds is 4. The van der Waals surface area contributed by atoms with Crippen LogP contribution in [0.25, 0.3) is 33.1 Å². The molecule has 4 aromatic carbocycles. The van der Waals surface area contributed by atoms with Gasteiger partial charge in [0.2, 0.25) is 0 Å². The molecule has 0 N–H and O–H groups in total. The molecule has 1 aliphatic rings. The van der Waals surface area contributed by atoms with Crippen LogP contribution in [0.15, 0.2) is 104 Å². The van der Waals surface area contributed by atoms with E-state index in [0.29, 0.717) is 22.4 Å². The van der Waals surface area contributed by atoms with Gasteiger partial charge < -0.3 is 4.74 Å². The summed E-state index contributed by atoms with van der Waals surface area (Å²) in [5.74, 6) is -1.37. The molecule has 8 heteroatoms. The molecule has 0 radical (unpaired) electrons. The van der Waals surface area contributed by atoms with E-state index in [9.17, 15) is 9.59 Å². The van der Waals surface area contributed by atoms with Crippen molar-refractivity contribution in [3.63, 3.8) is 0 Å². The first kappa shape index (κ1) is 21.0. The normalized spacial score (nSPS) is 12.6. The van der Waals surface area contributed by atoms with Crippen LogP contribution in [0.3, 0.4) is 0 Å². The van der Waals surface area contributed by atoms with Gasteiger partial charge in [-0.3, -0.25) is 0 Å². The van der Waals surface area contributed by atoms with Gasteiger partial charge >= 0.3 is 11.9 Å². The van der Waals surface area contributed by atoms with Gasteiger partial charge in [-0.25, -0.2) is 34.2 Å². The summed E-state index contributed by atoms with van der Waals surface area (Å²) in [7, 11) is 0. The third kappa shape index (κ3) is 3.13. The summed E-state index contributed by atoms with van der Waals surface area (Å²) in [5.41, 5.74) is 4.30. The quantitative estimate of drug-likeness (QED) is 0.240. The van der Waals surface area contributed by atoms with Gasteiger partial charge in [-0.05, 0) is 23.1 Å². The highest BCUT2D eigenvalue weighted by Crippen LogP contribution is 2.46. The third-order valence-corrected chi connectivity index (χ3v) is 6.47. The van der Waals surface area contributed by atoms with Gasteiger partial charge in [0, 0.05) is 10.9 Å². The molecule has 37 heavy (non-hydrogen) atoms. The Morgan fingerprint density at radius 2 is 1.38 bits per heavy atom. The zero-order valence-electron chi connectivity index (χ0n) is 19.3. The van der Waals surface area contributed by atoms with E-state index in [4.69, 9.17) is 4.74 Å². The Morgan fingerprint density at radius 1 is 0.703 bits per heavy atom. The van der Waals surface area contributed by atoms with E-state index in [0.717, 1.165) is 22.0 Å². The van der Waals surface area contributed by atoms with Crippen molar-refractivity contribution in [3.8, 4) is 11.1 Å². The topological polar surface area (TPSA) is 90.2 Å². The van der Waals surface area contributed by atoms with E-state index in [2.05, 4.69) is 15.0 Å². The van der Waals surface area contributed by atoms with Gasteiger partial charge in [-0.15, -0.1) is 0 Å². The predicted molar refractivity (Wildman–Crippen MR) is 138 cm³/mol. The highest BCUT2D eigenvalue weighted by molar-refractivity contribution is 6.27. The molecule has 0 saturated heterocycles. The zero-order chi connectivity index (χ0) is 24.9. The third-order valence-electron chi connectivity index (χ3n) is 6.47. The molecule has 0 aliphatic carbocycles. The Labute approximate surface area is 210 Å². The first-order chi connectivity index (χ1) is 18.2. The first-order valence-corrected chi connectivity index (χ1v) is 11.6. The predicted octanol–water partition coefficient (Wildman–Crippen LogP) is 5.56. The molecule has 0 fully saturated rings. The molecule has 3 heterocycles. The van der Waals surface area contributed by atoms with Crippen LogP contribution >= 0.6 is 0 Å². The lowest BCUT2D eigenvalue weighted by molar-refractivity contribution is 0.0444. The first-order valence-electron chi connectivity index (χ1n) is 11.6. The molecule has 0 saturated carbocycles. The lowest BCUT2D eigenvalue weighted by Gasteiger charge is -2.29. The molecule has 0 bridgehead atoms. The number of esters is 2. The van der Waals surface area contributed by atoms with E-state index < -0.39 is 11.9 Å². The minimum Gasteiger partial charge on any atom is -0.386 e. The fraction of sp³-hybridized carbons (Fsp3) is 0. The van der Waals surface area contributed by atoms with Crippen LogP contribution in [-0.4, -0.2) is 31.6 Å². The molecular formula is C29H17N5O3. The SMILES string of the molecule is O=C1OC(=O)c2c1c(-c1ccccc1)c1ccccc1c2N(c1ccccc1)n1cnc2cncnc21. The number of carbonyl (C=O) groups is 2. The second kappa shape index (κ2) is 8.10. The molecule has 1 aliphatic heterocycles. The number of anilines is 2. The van der Waals surface area contributed by atoms with Crippen molar-refractivity contribution in [2.75, 3.05) is 5.01 Å². The van der Waals surface area contributed by atoms with Crippen LogP contribution < -0.4 is 5.01 Å². The fourth-order valence-corrected chi connectivity index (χ4v) is 4.97. The highest BCUT2D eigenvalue weighted by atomic mass is 16.6. The molecule has 0 amide bonds. The highest BCUT2D eigenvalue weighted by Gasteiger charge is 2.40. The van der Waals surface area contributed by atoms with Crippen molar-refractivity contribution in [2.45, 2.75) is 0 Å². The molecule has 7 rings (SSSR count). The number of benzene rings is 4. The van der Waals surface area contributed by atoms with Crippen LogP contribution in [0.4, 0.5) is 11.4 Å². The summed E-state index contributed by atoms with van der Waals surface area (Å²) in [4.78, 5) is 39.6. The lowest BCUT2D eigenvalue weighted by Crippen LogP contribution is -2.26. The summed E-state index contributed by atoms with van der Waals surface area (Å²) in [6.45, 7) is 0. The van der Waals surface area contributed by atoms with Crippen molar-refractivity contribution in [3.05, 3.63) is 115 Å². The van der Waals surface area contributed by atoms with E-state index in [-0.39, 0.29) is 11.1 Å². The number of para-hydroxylation sites is 1. The Kier molecular flexibility index (Phi) is 4.59. The van der Waals surface area contributed by atoms with E-state index in [1.165, 1.54) is 6.33 Å². The smallest absolute Gasteiger partial charge is 0.349 e. The summed E-state index contributed by atoms with van der Waals surface area (Å²) in [6.07, 6.45) is 4.70. The van der Waals surface area contributed by atoms with Gasteiger partial charge in [0.25, 0.3) is 0 Å². The number of carbonyl (C=O) groups excluding carboxylic acids is 2. The van der Waals surface area contributed by atoms with Crippen LogP contribution in [-0.2, 0) is 4.74 Å². The zero-order valence-corrected chi connectivity index (χ0v) is 19.3. The van der Waals surface area contributed by atoms with Crippen molar-refractivity contribution in [2.24, 2.45) is 0 Å². The van der Waals surface area contributed by atoms with Gasteiger partial charge in [0.05, 0.1) is 23.1 Å².